The van der Waals surface area contributed by atoms with E-state index in [0.29, 0.717) is 19.3 Å². The highest BCUT2D eigenvalue weighted by Gasteiger charge is 2.94. The lowest BCUT2D eigenvalue weighted by Gasteiger charge is -2.52. The second kappa shape index (κ2) is 18.9. The molecular weight excluding hydrogens is 795 g/mol. The van der Waals surface area contributed by atoms with Gasteiger partial charge in [-0.2, -0.15) is 74.6 Å². The molecule has 0 aliphatic heterocycles. The van der Waals surface area contributed by atoms with E-state index in [2.05, 4.69) is 0 Å². The van der Waals surface area contributed by atoms with Crippen molar-refractivity contribution in [2.75, 3.05) is 46.2 Å². The van der Waals surface area contributed by atoms with E-state index in [-0.39, 0.29) is 12.8 Å². The van der Waals surface area contributed by atoms with Gasteiger partial charge >= 0.3 is 47.6 Å². The number of hydrogen-bond donors (Lipinski definition) is 6. The van der Waals surface area contributed by atoms with Crippen LogP contribution in [0.1, 0.15) is 77.6 Å². The molecule has 326 valence electrons. The number of hydrogen-bond acceptors (Lipinski definition) is 7. The van der Waals surface area contributed by atoms with Crippen LogP contribution in [0.5, 0.6) is 0 Å². The van der Waals surface area contributed by atoms with E-state index in [0.717, 1.165) is 12.8 Å². The van der Waals surface area contributed by atoms with E-state index in [4.69, 9.17) is 4.74 Å². The molecule has 0 saturated carbocycles. The number of unbranched alkanes of at least 4 members (excludes halogenated alkanes) is 7. The van der Waals surface area contributed by atoms with Crippen molar-refractivity contribution < 1.29 is 110 Å². The summed E-state index contributed by atoms with van der Waals surface area (Å²) >= 11 is 0. The Labute approximate surface area is 298 Å². The standard InChI is InChI=1S/C30H45F17O7/c1-2-3-4-5-6-7-8-9-10-22(53,21(16-51,17-52)19-54-18-20(13-48,14-49)15-50)25(36,37)27(40,41)29(44,45)30(46,47)28(42,43)26(38,39)23(31,32)11-12-24(33,34)35/h48-53H,2-19H2,1H3. The number of ether oxygens (including phenoxy) is 1. The average molecular weight is 841 g/mol. The van der Waals surface area contributed by atoms with Gasteiger partial charge in [-0.25, -0.2) is 0 Å². The zero-order valence-corrected chi connectivity index (χ0v) is 28.7. The molecule has 24 heteroatoms. The molecule has 0 radical (unpaired) electrons. The second-order valence-corrected chi connectivity index (χ2v) is 13.4. The van der Waals surface area contributed by atoms with Crippen LogP contribution in [0.25, 0.3) is 0 Å². The minimum Gasteiger partial charge on any atom is -0.396 e. The maximum atomic E-state index is 16.0. The average Bonchev–Trinajstić information content (AvgIpc) is 3.08. The van der Waals surface area contributed by atoms with E-state index >= 15 is 17.6 Å². The van der Waals surface area contributed by atoms with Crippen LogP contribution in [0.15, 0.2) is 0 Å². The van der Waals surface area contributed by atoms with Crippen LogP contribution in [0.3, 0.4) is 0 Å². The fourth-order valence-electron chi connectivity index (χ4n) is 5.28. The lowest BCUT2D eigenvalue weighted by atomic mass is 9.64. The van der Waals surface area contributed by atoms with Crippen molar-refractivity contribution in [3.05, 3.63) is 0 Å². The normalized spacial score (nSPS) is 16.2. The third kappa shape index (κ3) is 9.97. The molecular formula is C30H45F17O7. The number of rotatable bonds is 28. The molecule has 0 bridgehead atoms. The van der Waals surface area contributed by atoms with Crippen LogP contribution >= 0.6 is 0 Å². The van der Waals surface area contributed by atoms with Crippen LogP contribution in [-0.4, -0.2) is 130 Å². The highest BCUT2D eigenvalue weighted by atomic mass is 19.4. The summed E-state index contributed by atoms with van der Waals surface area (Å²) in [4.78, 5) is 0. The monoisotopic (exact) mass is 840 g/mol. The molecule has 0 amide bonds. The van der Waals surface area contributed by atoms with Crippen molar-refractivity contribution in [1.82, 2.24) is 0 Å². The lowest BCUT2D eigenvalue weighted by Crippen LogP contribution is -2.78. The van der Waals surface area contributed by atoms with Crippen molar-refractivity contribution in [2.24, 2.45) is 10.8 Å². The molecule has 6 N–H and O–H groups in total. The number of alkyl halides is 17. The summed E-state index contributed by atoms with van der Waals surface area (Å²) in [5, 5.41) is 59.5. The topological polar surface area (TPSA) is 131 Å². The summed E-state index contributed by atoms with van der Waals surface area (Å²) in [5.41, 5.74) is -11.2. The first-order chi connectivity index (χ1) is 24.3. The molecule has 0 aliphatic carbocycles. The number of halogens is 17. The van der Waals surface area contributed by atoms with Gasteiger partial charge in [0.25, 0.3) is 0 Å². The molecule has 1 unspecified atom stereocenters. The van der Waals surface area contributed by atoms with E-state index in [1.165, 1.54) is 0 Å². The van der Waals surface area contributed by atoms with E-state index in [9.17, 15) is 87.7 Å². The zero-order valence-electron chi connectivity index (χ0n) is 28.7. The van der Waals surface area contributed by atoms with Gasteiger partial charge in [0.1, 0.15) is 5.60 Å². The molecule has 0 rings (SSSR count). The van der Waals surface area contributed by atoms with Crippen molar-refractivity contribution >= 4 is 0 Å². The van der Waals surface area contributed by atoms with Gasteiger partial charge in [-0.1, -0.05) is 58.3 Å². The first kappa shape index (κ1) is 52.5. The predicted octanol–water partition coefficient (Wildman–Crippen LogP) is 6.99. The zero-order chi connectivity index (χ0) is 42.9. The molecule has 0 spiro atoms. The third-order valence-corrected chi connectivity index (χ3v) is 9.34. The Morgan fingerprint density at radius 1 is 0.407 bits per heavy atom. The van der Waals surface area contributed by atoms with Gasteiger partial charge in [-0.15, -0.1) is 0 Å². The minimum absolute atomic E-state index is 0.0353. The molecule has 0 aromatic carbocycles. The Balaban J connectivity index is 7.33. The maximum Gasteiger partial charge on any atom is 0.389 e. The largest absolute Gasteiger partial charge is 0.396 e. The van der Waals surface area contributed by atoms with Gasteiger partial charge in [0.2, 0.25) is 0 Å². The Morgan fingerprint density at radius 3 is 1.15 bits per heavy atom. The minimum atomic E-state index is -8.70. The van der Waals surface area contributed by atoms with Gasteiger partial charge in [0.05, 0.1) is 57.1 Å². The first-order valence-corrected chi connectivity index (χ1v) is 16.3. The Morgan fingerprint density at radius 2 is 0.778 bits per heavy atom. The second-order valence-electron chi connectivity index (χ2n) is 13.4. The lowest BCUT2D eigenvalue weighted by molar-refractivity contribution is -0.457. The SMILES string of the molecule is CCCCCCCCCCC(O)(C(CO)(CO)COCC(CO)(CO)CO)C(F)(F)C(F)(F)C(F)(F)C(F)(F)C(F)(F)C(F)(F)C(F)(F)CCC(F)(F)F. The van der Waals surface area contributed by atoms with Crippen molar-refractivity contribution in [3.8, 4) is 0 Å². The predicted molar refractivity (Wildman–Crippen MR) is 153 cm³/mol. The third-order valence-electron chi connectivity index (χ3n) is 9.34. The molecule has 0 heterocycles. The Bertz CT molecular complexity index is 1110. The van der Waals surface area contributed by atoms with Gasteiger partial charge in [-0.05, 0) is 6.42 Å². The summed E-state index contributed by atoms with van der Waals surface area (Å²) in [6.07, 6.45) is -12.8. The van der Waals surface area contributed by atoms with Crippen LogP contribution in [0.2, 0.25) is 0 Å². The molecule has 0 aromatic heterocycles. The molecule has 0 aromatic rings. The first-order valence-electron chi connectivity index (χ1n) is 16.3. The smallest absolute Gasteiger partial charge is 0.389 e. The van der Waals surface area contributed by atoms with Crippen molar-refractivity contribution in [1.29, 1.82) is 0 Å². The Hall–Kier alpha value is -1.47. The van der Waals surface area contributed by atoms with Crippen LogP contribution in [-0.2, 0) is 4.74 Å². The van der Waals surface area contributed by atoms with Gasteiger partial charge in [0.15, 0.2) is 0 Å². The quantitative estimate of drug-likeness (QED) is 0.0370. The highest BCUT2D eigenvalue weighted by Crippen LogP contribution is 2.65. The van der Waals surface area contributed by atoms with E-state index in [1.54, 1.807) is 0 Å². The summed E-state index contributed by atoms with van der Waals surface area (Å²) in [7, 11) is 0. The highest BCUT2D eigenvalue weighted by molar-refractivity contribution is 5.20. The van der Waals surface area contributed by atoms with Gasteiger partial charge < -0.3 is 35.4 Å². The fraction of sp³-hybridized carbons (Fsp3) is 1.00. The van der Waals surface area contributed by atoms with Gasteiger partial charge in [-0.3, -0.25) is 0 Å². The van der Waals surface area contributed by atoms with E-state index in [1.807, 2.05) is 6.92 Å². The summed E-state index contributed by atoms with van der Waals surface area (Å²) in [6, 6.07) is 0. The molecule has 7 nitrogen and oxygen atoms in total. The summed E-state index contributed by atoms with van der Waals surface area (Å²) < 4.78 is 249. The fourth-order valence-corrected chi connectivity index (χ4v) is 5.28. The number of aliphatic hydroxyl groups excluding tert-OH is 5. The molecule has 0 aliphatic rings. The van der Waals surface area contributed by atoms with Crippen molar-refractivity contribution in [2.45, 2.75) is 131 Å². The Kier molecular flexibility index (Phi) is 18.3. The van der Waals surface area contributed by atoms with Gasteiger partial charge in [0, 0.05) is 12.8 Å². The maximum absolute atomic E-state index is 16.0. The van der Waals surface area contributed by atoms with Crippen LogP contribution in [0.4, 0.5) is 74.6 Å². The molecule has 0 saturated heterocycles. The summed E-state index contributed by atoms with van der Waals surface area (Å²) in [5.74, 6) is -56.5. The summed E-state index contributed by atoms with van der Waals surface area (Å²) in [6.45, 7) is -9.29. The van der Waals surface area contributed by atoms with Crippen LogP contribution in [0, 0.1) is 10.8 Å². The molecule has 0 fully saturated rings. The van der Waals surface area contributed by atoms with Crippen molar-refractivity contribution in [3.63, 3.8) is 0 Å². The van der Waals surface area contributed by atoms with E-state index < -0.39 is 136 Å². The number of aliphatic hydroxyl groups is 6. The van der Waals surface area contributed by atoms with Crippen LogP contribution < -0.4 is 0 Å². The molecule has 54 heavy (non-hydrogen) atoms. The molecule has 1 atom stereocenters.